The molecule has 356 valence electrons. The van der Waals surface area contributed by atoms with Gasteiger partial charge in [-0.1, -0.05) is 104 Å². The van der Waals surface area contributed by atoms with Crippen molar-refractivity contribution in [1.82, 2.24) is 19.4 Å². The number of alkyl halides is 6. The molecule has 0 radical (unpaired) electrons. The average molecular weight is 1030 g/mol. The van der Waals surface area contributed by atoms with E-state index < -0.39 is 31.6 Å². The zero-order valence-corrected chi connectivity index (χ0v) is 41.1. The topological polar surface area (TPSA) is 51.0 Å². The van der Waals surface area contributed by atoms with Crippen molar-refractivity contribution in [2.45, 2.75) is 76.7 Å². The Kier molecular flexibility index (Phi) is 24.0. The van der Waals surface area contributed by atoms with Crippen LogP contribution in [0.4, 0.5) is 37.7 Å². The van der Waals surface area contributed by atoms with Crippen LogP contribution >= 0.6 is 17.8 Å². The van der Waals surface area contributed by atoms with Gasteiger partial charge in [0, 0.05) is 50.1 Å². The van der Waals surface area contributed by atoms with Crippen LogP contribution in [0.5, 0.6) is 0 Å². The molecular weight excluding hydrogens is 968 g/mol. The molecule has 0 spiro atoms. The average Bonchev–Trinajstić information content (AvgIpc) is 3.77. The number of nitrogens with two attached hydrogens (primary N) is 1. The van der Waals surface area contributed by atoms with Gasteiger partial charge in [0.1, 0.15) is 0 Å². The van der Waals surface area contributed by atoms with Crippen LogP contribution in [-0.2, 0) is 29.7 Å². The van der Waals surface area contributed by atoms with E-state index in [0.29, 0.717) is 23.7 Å². The summed E-state index contributed by atoms with van der Waals surface area (Å²) in [4.78, 5) is 7.57. The molecule has 0 saturated carbocycles. The molecule has 4 aromatic carbocycles. The van der Waals surface area contributed by atoms with E-state index in [4.69, 9.17) is 5.73 Å². The Morgan fingerprint density at radius 2 is 1.14 bits per heavy atom. The minimum absolute atomic E-state index is 0.0157. The van der Waals surface area contributed by atoms with E-state index in [9.17, 15) is 26.3 Å². The number of rotatable bonds is 9. The van der Waals surface area contributed by atoms with Crippen molar-refractivity contribution in [2.24, 2.45) is 0 Å². The number of anilines is 2. The van der Waals surface area contributed by atoms with Gasteiger partial charge in [-0.25, -0.2) is 0 Å². The second-order valence-corrected chi connectivity index (χ2v) is 20.0. The molecule has 0 aliphatic carbocycles. The molecule has 7 rings (SSSR count). The van der Waals surface area contributed by atoms with Crippen molar-refractivity contribution in [3.63, 3.8) is 0 Å². The SMILES string of the molecule is C=C/C=C/c1ccccc1.CC(/C=C/c1ccccc1)Nc1ccc(C(F)(F)F)cc1.Nc1ccc(C(F)(F)F)cc1.[CH2-]N1CCN2CCN3CCN([PH+](C(C)C)C(C)C)C3[CH-]C12.[Cl][Rh+2]. The van der Waals surface area contributed by atoms with Crippen LogP contribution in [0.3, 0.4) is 0 Å². The molecule has 3 atom stereocenters. The Labute approximate surface area is 399 Å². The first-order valence-electron chi connectivity index (χ1n) is 21.5. The molecule has 4 aromatic rings. The van der Waals surface area contributed by atoms with Crippen LogP contribution in [0.1, 0.15) is 56.9 Å². The standard InChI is InChI=1S/C17H16F3N.C16H31N4P.C10H10.C7H6F3N.ClH.Rh/c1-13(7-8-14-5-3-2-4-6-14)21-16-11-9-15(10-12-16)17(18,19)20;1-13(2)21(14(3)4)20-11-10-19-9-8-18-7-6-17(5)15(18)12-16(19)20;1-2-3-7-10-8-5-4-6-9-10;8-7(9,10)5-1-3-6(11)4-2-5;;/h2-13,21H,1H3;12-16H,5-11H2,1-4H3;2-9H,1H2;1-4H,11H2;1H;/q;-2;;;;+3/b8-7+;;7-3+;;;. The van der Waals surface area contributed by atoms with E-state index in [1.807, 2.05) is 97.1 Å². The third-order valence-corrected chi connectivity index (χ3v) is 14.2. The molecule has 0 bridgehead atoms. The first-order chi connectivity index (χ1) is 30.9. The number of nitrogens with zero attached hydrogens (tertiary/aromatic N) is 4. The van der Waals surface area contributed by atoms with Gasteiger partial charge in [0.25, 0.3) is 0 Å². The van der Waals surface area contributed by atoms with E-state index in [1.54, 1.807) is 6.08 Å². The van der Waals surface area contributed by atoms with E-state index in [1.165, 1.54) is 62.6 Å². The third kappa shape index (κ3) is 18.9. The van der Waals surface area contributed by atoms with Gasteiger partial charge < -0.3 is 25.8 Å². The first kappa shape index (κ1) is 55.8. The van der Waals surface area contributed by atoms with Crippen LogP contribution in [0, 0.1) is 13.5 Å². The Morgan fingerprint density at radius 3 is 1.62 bits per heavy atom. The summed E-state index contributed by atoms with van der Waals surface area (Å²) in [6.07, 6.45) is 4.66. The van der Waals surface area contributed by atoms with Crippen LogP contribution < -0.4 is 11.1 Å². The van der Waals surface area contributed by atoms with Gasteiger partial charge in [0.05, 0.1) is 30.5 Å². The van der Waals surface area contributed by atoms with Crippen LogP contribution in [-0.4, -0.2) is 88.3 Å². The summed E-state index contributed by atoms with van der Waals surface area (Å²) in [5, 5.41) is 3.14. The number of nitrogens with one attached hydrogen (secondary N) is 1. The molecule has 3 unspecified atom stereocenters. The Bertz CT molecular complexity index is 1980. The predicted octanol–water partition coefficient (Wildman–Crippen LogP) is 12.9. The van der Waals surface area contributed by atoms with Gasteiger partial charge in [-0.3, -0.25) is 13.5 Å². The maximum absolute atomic E-state index is 12.5. The molecule has 3 aliphatic rings. The van der Waals surface area contributed by atoms with E-state index in [0.717, 1.165) is 47.7 Å². The fraction of sp³-hybridized carbons (Fsp3) is 0.360. The summed E-state index contributed by atoms with van der Waals surface area (Å²) >= 11 is 2.02. The number of hydrogen-bond acceptors (Lipinski definition) is 6. The molecule has 6 nitrogen and oxygen atoms in total. The third-order valence-electron chi connectivity index (χ3n) is 10.7. The van der Waals surface area contributed by atoms with Crippen LogP contribution in [0.15, 0.2) is 134 Å². The van der Waals surface area contributed by atoms with E-state index in [2.05, 4.69) is 94.3 Å². The zero-order valence-electron chi connectivity index (χ0n) is 37.7. The molecule has 0 amide bonds. The molecule has 3 saturated heterocycles. The summed E-state index contributed by atoms with van der Waals surface area (Å²) in [5.41, 5.74) is 8.79. The van der Waals surface area contributed by atoms with Crippen LogP contribution in [0.25, 0.3) is 12.2 Å². The molecular formula is C50H64ClF6N6PRh+. The second-order valence-electron chi connectivity index (χ2n) is 16.2. The number of nitrogen functional groups attached to an aromatic ring is 1. The fourth-order valence-electron chi connectivity index (χ4n) is 7.73. The van der Waals surface area contributed by atoms with E-state index in [-0.39, 0.29) is 6.04 Å². The summed E-state index contributed by atoms with van der Waals surface area (Å²) in [6.45, 7) is 22.4. The number of fused-ring (bicyclic) bond motifs is 2. The Morgan fingerprint density at radius 1 is 0.692 bits per heavy atom. The zero-order chi connectivity index (χ0) is 48.2. The van der Waals surface area contributed by atoms with Gasteiger partial charge in [-0.15, -0.1) is 0 Å². The normalized spacial score (nSPS) is 18.6. The van der Waals surface area contributed by atoms with Gasteiger partial charge in [-0.05, 0) is 107 Å². The van der Waals surface area contributed by atoms with Crippen molar-refractivity contribution in [2.75, 3.05) is 50.3 Å². The minimum atomic E-state index is -4.29. The number of allylic oxidation sites excluding steroid dienone is 2. The quantitative estimate of drug-likeness (QED) is 0.0435. The number of benzene rings is 4. The molecule has 65 heavy (non-hydrogen) atoms. The molecule has 15 heteroatoms. The fourth-order valence-corrected chi connectivity index (χ4v) is 11.3. The predicted molar refractivity (Wildman–Crippen MR) is 260 cm³/mol. The number of hydrogen-bond donors (Lipinski definition) is 2. The van der Waals surface area contributed by atoms with Crippen molar-refractivity contribution in [3.8, 4) is 0 Å². The molecule has 3 N–H and O–H groups in total. The Balaban J connectivity index is 0.000000239. The molecule has 3 aliphatic heterocycles. The van der Waals surface area contributed by atoms with Gasteiger partial charge in [0.2, 0.25) is 0 Å². The molecule has 0 aromatic heterocycles. The second kappa shape index (κ2) is 27.9. The monoisotopic (exact) mass is 1030 g/mol. The number of halogens is 7. The van der Waals surface area contributed by atoms with Crippen molar-refractivity contribution in [3.05, 3.63) is 170 Å². The summed E-state index contributed by atoms with van der Waals surface area (Å²) < 4.78 is 75.9. The van der Waals surface area contributed by atoms with E-state index >= 15 is 0 Å². The van der Waals surface area contributed by atoms with Crippen molar-refractivity contribution in [1.29, 1.82) is 0 Å². The molecule has 3 heterocycles. The maximum atomic E-state index is 12.5. The van der Waals surface area contributed by atoms with Gasteiger partial charge in [0.15, 0.2) is 0 Å². The van der Waals surface area contributed by atoms with Crippen molar-refractivity contribution >= 4 is 41.3 Å². The van der Waals surface area contributed by atoms with Crippen LogP contribution in [0.2, 0.25) is 0 Å². The van der Waals surface area contributed by atoms with Gasteiger partial charge >= 0.3 is 39.4 Å². The van der Waals surface area contributed by atoms with Gasteiger partial charge in [-0.2, -0.15) is 31.0 Å². The van der Waals surface area contributed by atoms with Crippen molar-refractivity contribution < 1.29 is 43.7 Å². The summed E-state index contributed by atoms with van der Waals surface area (Å²) in [5.74, 6) is 0. The Hall–Kier alpha value is -3.54. The molecule has 3 fully saturated rings. The first-order valence-corrected chi connectivity index (χ1v) is 25.2. The summed E-state index contributed by atoms with van der Waals surface area (Å²) in [6, 6.07) is 29.4. The summed E-state index contributed by atoms with van der Waals surface area (Å²) in [7, 11) is 8.29.